The molecule has 0 bridgehead atoms. The van der Waals surface area contributed by atoms with E-state index in [-0.39, 0.29) is 29.8 Å². The quantitative estimate of drug-likeness (QED) is 0.515. The van der Waals surface area contributed by atoms with Crippen molar-refractivity contribution in [3.8, 4) is 17.0 Å². The molecule has 0 radical (unpaired) electrons. The first-order valence-corrected chi connectivity index (χ1v) is 13.3. The minimum atomic E-state index is -0.636. The third-order valence-corrected chi connectivity index (χ3v) is 7.12. The fourth-order valence-corrected chi connectivity index (χ4v) is 5.14. The average molecular weight is 537 g/mol. The van der Waals surface area contributed by atoms with Crippen molar-refractivity contribution < 1.29 is 18.3 Å². The molecule has 8 nitrogen and oxygen atoms in total. The highest BCUT2D eigenvalue weighted by Crippen LogP contribution is 2.39. The number of hydrogen-bond donors (Lipinski definition) is 1. The van der Waals surface area contributed by atoms with Crippen molar-refractivity contribution in [3.63, 3.8) is 0 Å². The number of nitrogens with zero attached hydrogens (tertiary/aromatic N) is 5. The number of carbonyl (C=O) groups is 1. The Balaban J connectivity index is 1.48. The molecule has 39 heavy (non-hydrogen) atoms. The first-order chi connectivity index (χ1) is 18.7. The number of halogens is 2. The van der Waals surface area contributed by atoms with Crippen LogP contribution in [0.4, 0.5) is 20.2 Å². The first-order valence-electron chi connectivity index (χ1n) is 13.3. The summed E-state index contributed by atoms with van der Waals surface area (Å²) in [6, 6.07) is 8.88. The molecule has 2 aromatic carbocycles. The summed E-state index contributed by atoms with van der Waals surface area (Å²) < 4.78 is 35.6. The number of fused-ring (bicyclic) bond motifs is 1. The molecule has 0 saturated carbocycles. The van der Waals surface area contributed by atoms with Crippen molar-refractivity contribution in [2.24, 2.45) is 0 Å². The van der Waals surface area contributed by atoms with E-state index in [9.17, 15) is 9.18 Å². The van der Waals surface area contributed by atoms with Crippen LogP contribution in [-0.2, 0) is 6.42 Å². The molecule has 1 aromatic heterocycles. The molecule has 3 aromatic rings. The lowest BCUT2D eigenvalue weighted by atomic mass is 10.0. The molecule has 5 rings (SSSR count). The van der Waals surface area contributed by atoms with Gasteiger partial charge in [0.15, 0.2) is 17.4 Å². The van der Waals surface area contributed by atoms with E-state index in [0.717, 1.165) is 43.6 Å². The van der Waals surface area contributed by atoms with Crippen LogP contribution in [0, 0.1) is 11.6 Å². The third kappa shape index (κ3) is 5.52. The summed E-state index contributed by atoms with van der Waals surface area (Å²) >= 11 is 0. The average Bonchev–Trinajstić information content (AvgIpc) is 2.93. The molecule has 0 spiro atoms. The molecule has 3 heterocycles. The molecule has 1 fully saturated rings. The van der Waals surface area contributed by atoms with Crippen LogP contribution in [0.1, 0.15) is 35.6 Å². The highest BCUT2D eigenvalue weighted by atomic mass is 19.1. The van der Waals surface area contributed by atoms with E-state index in [1.165, 1.54) is 6.07 Å². The van der Waals surface area contributed by atoms with Crippen molar-refractivity contribution >= 4 is 17.3 Å². The van der Waals surface area contributed by atoms with Gasteiger partial charge in [-0.05, 0) is 43.7 Å². The third-order valence-electron chi connectivity index (χ3n) is 7.12. The number of piperazine rings is 1. The van der Waals surface area contributed by atoms with Crippen LogP contribution in [0.25, 0.3) is 11.3 Å². The molecule has 2 aliphatic rings. The largest absolute Gasteiger partial charge is 0.486 e. The predicted molar refractivity (Wildman–Crippen MR) is 148 cm³/mol. The number of carbonyl (C=O) groups excluding carboxylic acids is 1. The van der Waals surface area contributed by atoms with Gasteiger partial charge in [-0.1, -0.05) is 6.07 Å². The summed E-state index contributed by atoms with van der Waals surface area (Å²) in [4.78, 5) is 27.6. The molecular formula is C29H34F2N6O2. The first kappa shape index (κ1) is 26.8. The Morgan fingerprint density at radius 1 is 1.08 bits per heavy atom. The molecular weight excluding hydrogens is 502 g/mol. The fraction of sp³-hybridized carbons (Fsp3) is 0.414. The normalized spacial score (nSPS) is 15.3. The Morgan fingerprint density at radius 2 is 1.85 bits per heavy atom. The second-order valence-corrected chi connectivity index (χ2v) is 10.4. The van der Waals surface area contributed by atoms with Crippen molar-refractivity contribution in [2.45, 2.75) is 26.3 Å². The van der Waals surface area contributed by atoms with Gasteiger partial charge in [0, 0.05) is 64.0 Å². The number of rotatable bonds is 6. The molecule has 0 unspecified atom stereocenters. The second kappa shape index (κ2) is 11.1. The Kier molecular flexibility index (Phi) is 7.65. The van der Waals surface area contributed by atoms with E-state index >= 15 is 4.39 Å². The topological polar surface area (TPSA) is 73.8 Å². The number of ether oxygens (including phenoxy) is 1. The van der Waals surface area contributed by atoms with Gasteiger partial charge in [-0.2, -0.15) is 0 Å². The van der Waals surface area contributed by atoms with Crippen molar-refractivity contribution in [1.29, 1.82) is 0 Å². The Morgan fingerprint density at radius 3 is 2.56 bits per heavy atom. The van der Waals surface area contributed by atoms with Crippen LogP contribution in [0.3, 0.4) is 0 Å². The minimum Gasteiger partial charge on any atom is -0.486 e. The molecule has 1 N–H and O–H groups in total. The maximum atomic E-state index is 15.0. The molecule has 206 valence electrons. The van der Waals surface area contributed by atoms with Gasteiger partial charge >= 0.3 is 0 Å². The van der Waals surface area contributed by atoms with Crippen LogP contribution >= 0.6 is 0 Å². The number of aromatic nitrogens is 2. The summed E-state index contributed by atoms with van der Waals surface area (Å²) in [7, 11) is 3.46. The van der Waals surface area contributed by atoms with Gasteiger partial charge in [-0.25, -0.2) is 18.7 Å². The fourth-order valence-electron chi connectivity index (χ4n) is 5.14. The Hall–Kier alpha value is -3.79. The van der Waals surface area contributed by atoms with Gasteiger partial charge in [0.1, 0.15) is 18.1 Å². The highest BCUT2D eigenvalue weighted by molar-refractivity contribution is 5.99. The summed E-state index contributed by atoms with van der Waals surface area (Å²) in [6.07, 6.45) is 1.41. The number of nitrogens with one attached hydrogen (secondary N) is 1. The van der Waals surface area contributed by atoms with Gasteiger partial charge in [-0.3, -0.25) is 4.79 Å². The molecule has 2 aliphatic heterocycles. The maximum Gasteiger partial charge on any atom is 0.255 e. The van der Waals surface area contributed by atoms with Gasteiger partial charge in [0.2, 0.25) is 0 Å². The van der Waals surface area contributed by atoms with Crippen molar-refractivity contribution in [2.75, 3.05) is 63.2 Å². The zero-order chi connectivity index (χ0) is 27.7. The highest BCUT2D eigenvalue weighted by Gasteiger charge is 2.26. The molecule has 0 aliphatic carbocycles. The standard InChI is InChI=1S/C29H34F2N6O2/c1-18(2)37-11-12-39-28-22(30)15-20(16-25(28)37)27-23(31)17-33-26(34-27)14-19-5-6-24(36-9-7-32-8-10-36)21(13-19)29(38)35(3)4/h5-6,13,15-18,32H,7-12,14H2,1-4H3. The van der Waals surface area contributed by atoms with Crippen LogP contribution in [0.2, 0.25) is 0 Å². The monoisotopic (exact) mass is 536 g/mol. The van der Waals surface area contributed by atoms with E-state index in [4.69, 9.17) is 4.74 Å². The van der Waals surface area contributed by atoms with E-state index < -0.39 is 11.6 Å². The zero-order valence-electron chi connectivity index (χ0n) is 22.8. The van der Waals surface area contributed by atoms with Crippen molar-refractivity contribution in [3.05, 3.63) is 65.1 Å². The molecule has 1 saturated heterocycles. The number of benzene rings is 2. The van der Waals surface area contributed by atoms with Gasteiger partial charge < -0.3 is 24.8 Å². The van der Waals surface area contributed by atoms with Crippen LogP contribution in [0.5, 0.6) is 5.75 Å². The maximum absolute atomic E-state index is 15.0. The van der Waals surface area contributed by atoms with Gasteiger partial charge in [0.05, 0.1) is 24.0 Å². The lowest BCUT2D eigenvalue weighted by molar-refractivity contribution is 0.0828. The van der Waals surface area contributed by atoms with E-state index in [0.29, 0.717) is 35.8 Å². The summed E-state index contributed by atoms with van der Waals surface area (Å²) in [5.74, 6) is -0.727. The van der Waals surface area contributed by atoms with Crippen molar-refractivity contribution in [1.82, 2.24) is 20.2 Å². The predicted octanol–water partition coefficient (Wildman–Crippen LogP) is 3.73. The Bertz CT molecular complexity index is 1370. The van der Waals surface area contributed by atoms with E-state index in [2.05, 4.69) is 20.2 Å². The number of anilines is 2. The summed E-state index contributed by atoms with van der Waals surface area (Å²) in [5, 5.41) is 3.33. The zero-order valence-corrected chi connectivity index (χ0v) is 22.8. The van der Waals surface area contributed by atoms with Crippen LogP contribution in [0.15, 0.2) is 36.5 Å². The smallest absolute Gasteiger partial charge is 0.255 e. The molecule has 10 heteroatoms. The van der Waals surface area contributed by atoms with Gasteiger partial charge in [0.25, 0.3) is 5.91 Å². The van der Waals surface area contributed by atoms with Gasteiger partial charge in [-0.15, -0.1) is 0 Å². The second-order valence-electron chi connectivity index (χ2n) is 10.4. The molecule has 0 atom stereocenters. The van der Waals surface area contributed by atoms with Crippen LogP contribution in [-0.4, -0.2) is 80.2 Å². The summed E-state index contributed by atoms with van der Waals surface area (Å²) in [5.41, 5.74) is 3.25. The van der Waals surface area contributed by atoms with Crippen LogP contribution < -0.4 is 19.9 Å². The SMILES string of the molecule is CC(C)N1CCOc2c(F)cc(-c3nc(Cc4ccc(N5CCNCC5)c(C(=O)N(C)C)c4)ncc3F)cc21. The minimum absolute atomic E-state index is 0.0259. The lowest BCUT2D eigenvalue weighted by Crippen LogP contribution is -2.44. The van der Waals surface area contributed by atoms with E-state index in [1.807, 2.05) is 36.9 Å². The number of amides is 1. The van der Waals surface area contributed by atoms with E-state index in [1.54, 1.807) is 25.1 Å². The Labute approximate surface area is 227 Å². The number of hydrogen-bond acceptors (Lipinski definition) is 7. The molecule has 1 amide bonds. The summed E-state index contributed by atoms with van der Waals surface area (Å²) in [6.45, 7) is 8.38. The lowest BCUT2D eigenvalue weighted by Gasteiger charge is -2.34.